The molecule has 0 heterocycles. The Bertz CT molecular complexity index is 674. The molecule has 0 bridgehead atoms. The van der Waals surface area contributed by atoms with Crippen molar-refractivity contribution in [1.29, 1.82) is 0 Å². The fraction of sp³-hybridized carbons (Fsp3) is 0.133. The van der Waals surface area contributed by atoms with Gasteiger partial charge in [0.1, 0.15) is 0 Å². The second-order valence-electron chi connectivity index (χ2n) is 4.60. The van der Waals surface area contributed by atoms with Gasteiger partial charge in [0.25, 0.3) is 5.91 Å². The lowest BCUT2D eigenvalue weighted by atomic mass is 10.1. The predicted octanol–water partition coefficient (Wildman–Crippen LogP) is 3.80. The molecule has 3 nitrogen and oxygen atoms in total. The molecule has 0 spiro atoms. The topological polar surface area (TPSA) is 55.1 Å². The summed E-state index contributed by atoms with van der Waals surface area (Å²) in [6.45, 7) is 1.79. The van der Waals surface area contributed by atoms with E-state index in [1.54, 1.807) is 6.92 Å². The molecule has 0 aliphatic heterocycles. The fourth-order valence-electron chi connectivity index (χ4n) is 1.87. The second kappa shape index (κ2) is 6.22. The van der Waals surface area contributed by atoms with Gasteiger partial charge in [0.15, 0.2) is 11.6 Å². The summed E-state index contributed by atoms with van der Waals surface area (Å²) in [5, 5.41) is 2.70. The molecule has 1 atom stereocenters. The smallest absolute Gasteiger partial charge is 0.253 e. The van der Waals surface area contributed by atoms with Crippen LogP contribution in [0.2, 0.25) is 0 Å². The third-order valence-electron chi connectivity index (χ3n) is 3.05. The number of nitrogen functional groups attached to an aromatic ring is 1. The van der Waals surface area contributed by atoms with Gasteiger partial charge in [0.2, 0.25) is 0 Å². The van der Waals surface area contributed by atoms with Crippen LogP contribution in [0.3, 0.4) is 0 Å². The normalized spacial score (nSPS) is 12.0. The third kappa shape index (κ3) is 3.58. The first-order chi connectivity index (χ1) is 9.88. The van der Waals surface area contributed by atoms with E-state index in [2.05, 4.69) is 21.2 Å². The quantitative estimate of drug-likeness (QED) is 0.823. The molecule has 0 saturated carbocycles. The van der Waals surface area contributed by atoms with Crippen LogP contribution in [-0.4, -0.2) is 5.91 Å². The molecule has 1 amide bonds. The van der Waals surface area contributed by atoms with Crippen molar-refractivity contribution in [2.24, 2.45) is 0 Å². The Morgan fingerprint density at radius 2 is 1.76 bits per heavy atom. The molecule has 0 aliphatic rings. The van der Waals surface area contributed by atoms with E-state index in [0.717, 1.165) is 22.2 Å². The number of nitrogens with two attached hydrogens (primary N) is 1. The maximum Gasteiger partial charge on any atom is 0.253 e. The minimum atomic E-state index is -1.11. The number of benzene rings is 2. The molecule has 21 heavy (non-hydrogen) atoms. The Labute approximate surface area is 129 Å². The van der Waals surface area contributed by atoms with Crippen molar-refractivity contribution in [2.75, 3.05) is 5.73 Å². The highest BCUT2D eigenvalue weighted by Crippen LogP contribution is 2.20. The number of hydrogen-bond donors (Lipinski definition) is 2. The van der Waals surface area contributed by atoms with Crippen molar-refractivity contribution < 1.29 is 13.6 Å². The standard InChI is InChI=1S/C15H13BrF2N2O/c1-8(9-2-4-10(16)5-3-9)20-15(21)11-6-12(17)13(18)7-14(11)19/h2-8H,19H2,1H3,(H,20,21)/t8-/m1/s1. The lowest BCUT2D eigenvalue weighted by Gasteiger charge is -2.15. The van der Waals surface area contributed by atoms with Gasteiger partial charge in [-0.25, -0.2) is 8.78 Å². The zero-order valence-electron chi connectivity index (χ0n) is 11.2. The van der Waals surface area contributed by atoms with Crippen LogP contribution in [-0.2, 0) is 0 Å². The summed E-state index contributed by atoms with van der Waals surface area (Å²) in [5.41, 5.74) is 6.25. The Kier molecular flexibility index (Phi) is 4.57. The van der Waals surface area contributed by atoms with Gasteiger partial charge in [0.05, 0.1) is 11.6 Å². The first-order valence-corrected chi connectivity index (χ1v) is 6.98. The van der Waals surface area contributed by atoms with E-state index >= 15 is 0 Å². The molecule has 0 aromatic heterocycles. The van der Waals surface area contributed by atoms with Gasteiger partial charge < -0.3 is 11.1 Å². The maximum absolute atomic E-state index is 13.2. The summed E-state index contributed by atoms with van der Waals surface area (Å²) >= 11 is 3.33. The van der Waals surface area contributed by atoms with Crippen LogP contribution in [0, 0.1) is 11.6 Å². The van der Waals surface area contributed by atoms with Gasteiger partial charge in [0, 0.05) is 16.2 Å². The fourth-order valence-corrected chi connectivity index (χ4v) is 2.13. The molecule has 0 aliphatic carbocycles. The van der Waals surface area contributed by atoms with Crippen LogP contribution in [0.4, 0.5) is 14.5 Å². The number of nitrogens with one attached hydrogen (secondary N) is 1. The summed E-state index contributed by atoms with van der Waals surface area (Å²) in [4.78, 5) is 12.1. The third-order valence-corrected chi connectivity index (χ3v) is 3.58. The first-order valence-electron chi connectivity index (χ1n) is 6.19. The van der Waals surface area contributed by atoms with E-state index in [0.29, 0.717) is 0 Å². The van der Waals surface area contributed by atoms with Crippen LogP contribution in [0.1, 0.15) is 28.9 Å². The molecule has 2 aromatic carbocycles. The Balaban J connectivity index is 2.18. The number of amides is 1. The van der Waals surface area contributed by atoms with E-state index in [-0.39, 0.29) is 17.3 Å². The van der Waals surface area contributed by atoms with Crippen molar-refractivity contribution in [1.82, 2.24) is 5.32 Å². The summed E-state index contributed by atoms with van der Waals surface area (Å²) < 4.78 is 27.1. The molecule has 0 unspecified atom stereocenters. The van der Waals surface area contributed by atoms with Crippen molar-refractivity contribution in [2.45, 2.75) is 13.0 Å². The van der Waals surface area contributed by atoms with Crippen LogP contribution in [0.15, 0.2) is 40.9 Å². The Morgan fingerprint density at radius 1 is 1.19 bits per heavy atom. The molecule has 110 valence electrons. The largest absolute Gasteiger partial charge is 0.398 e. The van der Waals surface area contributed by atoms with Gasteiger partial charge in [-0.05, 0) is 30.7 Å². The molecule has 0 saturated heterocycles. The van der Waals surface area contributed by atoms with Crippen molar-refractivity contribution in [3.8, 4) is 0 Å². The van der Waals surface area contributed by atoms with E-state index in [4.69, 9.17) is 5.73 Å². The van der Waals surface area contributed by atoms with E-state index < -0.39 is 17.5 Å². The SMILES string of the molecule is C[C@@H](NC(=O)c1cc(F)c(F)cc1N)c1ccc(Br)cc1. The van der Waals surface area contributed by atoms with Crippen molar-refractivity contribution in [3.05, 3.63) is 63.6 Å². The Hall–Kier alpha value is -1.95. The number of hydrogen-bond acceptors (Lipinski definition) is 2. The molecular weight excluding hydrogens is 342 g/mol. The highest BCUT2D eigenvalue weighted by atomic mass is 79.9. The van der Waals surface area contributed by atoms with Crippen LogP contribution in [0.5, 0.6) is 0 Å². The predicted molar refractivity (Wildman–Crippen MR) is 80.8 cm³/mol. The van der Waals surface area contributed by atoms with E-state index in [1.807, 2.05) is 24.3 Å². The number of carbonyl (C=O) groups is 1. The monoisotopic (exact) mass is 354 g/mol. The van der Waals surface area contributed by atoms with Crippen molar-refractivity contribution in [3.63, 3.8) is 0 Å². The van der Waals surface area contributed by atoms with Gasteiger partial charge in [-0.15, -0.1) is 0 Å². The highest BCUT2D eigenvalue weighted by Gasteiger charge is 2.16. The average Bonchev–Trinajstić information content (AvgIpc) is 2.43. The molecular formula is C15H13BrF2N2O. The lowest BCUT2D eigenvalue weighted by molar-refractivity contribution is 0.0940. The van der Waals surface area contributed by atoms with Crippen molar-refractivity contribution >= 4 is 27.5 Å². The van der Waals surface area contributed by atoms with Crippen LogP contribution < -0.4 is 11.1 Å². The van der Waals surface area contributed by atoms with Crippen LogP contribution >= 0.6 is 15.9 Å². The Morgan fingerprint density at radius 3 is 2.38 bits per heavy atom. The summed E-state index contributed by atoms with van der Waals surface area (Å²) in [7, 11) is 0. The zero-order chi connectivity index (χ0) is 15.6. The van der Waals surface area contributed by atoms with Crippen LogP contribution in [0.25, 0.3) is 0 Å². The van der Waals surface area contributed by atoms with Gasteiger partial charge in [-0.2, -0.15) is 0 Å². The molecule has 2 rings (SSSR count). The summed E-state index contributed by atoms with van der Waals surface area (Å²) in [6, 6.07) is 8.71. The highest BCUT2D eigenvalue weighted by molar-refractivity contribution is 9.10. The summed E-state index contributed by atoms with van der Waals surface area (Å²) in [5.74, 6) is -2.74. The lowest BCUT2D eigenvalue weighted by Crippen LogP contribution is -2.27. The zero-order valence-corrected chi connectivity index (χ0v) is 12.7. The molecule has 0 fully saturated rings. The first kappa shape index (κ1) is 15.4. The van der Waals surface area contributed by atoms with E-state index in [9.17, 15) is 13.6 Å². The number of halogens is 3. The van der Waals surface area contributed by atoms with E-state index in [1.165, 1.54) is 0 Å². The summed E-state index contributed by atoms with van der Waals surface area (Å²) in [6.07, 6.45) is 0. The molecule has 3 N–H and O–H groups in total. The number of carbonyl (C=O) groups excluding carboxylic acids is 1. The molecule has 2 aromatic rings. The molecule has 6 heteroatoms. The average molecular weight is 355 g/mol. The van der Waals surface area contributed by atoms with Gasteiger partial charge in [-0.3, -0.25) is 4.79 Å². The number of anilines is 1. The minimum Gasteiger partial charge on any atom is -0.398 e. The minimum absolute atomic E-state index is 0.0853. The van der Waals surface area contributed by atoms with Gasteiger partial charge in [-0.1, -0.05) is 28.1 Å². The maximum atomic E-state index is 13.2. The number of rotatable bonds is 3. The molecule has 0 radical (unpaired) electrons. The van der Waals surface area contributed by atoms with Gasteiger partial charge >= 0.3 is 0 Å². The second-order valence-corrected chi connectivity index (χ2v) is 5.52.